The lowest BCUT2D eigenvalue weighted by Gasteiger charge is -2.45. The van der Waals surface area contributed by atoms with Gasteiger partial charge in [-0.15, -0.1) is 0 Å². The summed E-state index contributed by atoms with van der Waals surface area (Å²) in [6, 6.07) is 1.70. The molecule has 4 atom stereocenters. The average molecular weight is 616 g/mol. The van der Waals surface area contributed by atoms with E-state index in [-0.39, 0.29) is 40.8 Å². The van der Waals surface area contributed by atoms with Crippen LogP contribution in [0.3, 0.4) is 0 Å². The lowest BCUT2D eigenvalue weighted by atomic mass is 9.55. The number of hydrogen-bond acceptors (Lipinski definition) is 6. The molecule has 45 heavy (non-hydrogen) atoms. The van der Waals surface area contributed by atoms with Crippen LogP contribution < -0.4 is 5.73 Å². The smallest absolute Gasteiger partial charge is 0.330 e. The summed E-state index contributed by atoms with van der Waals surface area (Å²) in [6.45, 7) is 15.6. The molecule has 3 aliphatic carbocycles. The minimum absolute atomic E-state index is 0.0668. The highest BCUT2D eigenvalue weighted by atomic mass is 16.5. The number of allylic oxidation sites excluding steroid dienone is 7. The van der Waals surface area contributed by atoms with E-state index in [0.29, 0.717) is 36.1 Å². The van der Waals surface area contributed by atoms with Gasteiger partial charge in [0.2, 0.25) is 0 Å². The molecular formula is C38H49NO6. The number of hydrogen-bond donors (Lipinski definition) is 3. The number of aliphatic carboxylic acids is 1. The summed E-state index contributed by atoms with van der Waals surface area (Å²) in [6.07, 6.45) is 12.9. The van der Waals surface area contributed by atoms with Gasteiger partial charge in [0.15, 0.2) is 11.6 Å². The zero-order valence-corrected chi connectivity index (χ0v) is 28.0. The Morgan fingerprint density at radius 1 is 1.02 bits per heavy atom. The third-order valence-electron chi connectivity index (χ3n) is 9.78. The van der Waals surface area contributed by atoms with Gasteiger partial charge in [-0.25, -0.2) is 4.79 Å². The lowest BCUT2D eigenvalue weighted by Crippen LogP contribution is -2.55. The molecule has 2 unspecified atom stereocenters. The lowest BCUT2D eigenvalue weighted by molar-refractivity contribution is -0.155. The monoisotopic (exact) mass is 615 g/mol. The van der Waals surface area contributed by atoms with Crippen molar-refractivity contribution in [1.82, 2.24) is 0 Å². The van der Waals surface area contributed by atoms with Crippen LogP contribution in [0.5, 0.6) is 5.75 Å². The van der Waals surface area contributed by atoms with Gasteiger partial charge in [-0.05, 0) is 105 Å². The van der Waals surface area contributed by atoms with E-state index in [2.05, 4.69) is 32.9 Å². The largest absolute Gasteiger partial charge is 0.507 e. The molecule has 1 saturated carbocycles. The molecule has 0 spiro atoms. The normalized spacial score (nSPS) is 25.2. The molecule has 1 heterocycles. The molecule has 4 aliphatic rings. The van der Waals surface area contributed by atoms with E-state index in [1.807, 2.05) is 33.8 Å². The van der Waals surface area contributed by atoms with Crippen molar-refractivity contribution in [3.05, 3.63) is 81.0 Å². The van der Waals surface area contributed by atoms with Crippen molar-refractivity contribution in [2.75, 3.05) is 5.73 Å². The molecule has 242 valence electrons. The molecule has 4 N–H and O–H groups in total. The zero-order valence-electron chi connectivity index (χ0n) is 28.0. The van der Waals surface area contributed by atoms with Gasteiger partial charge in [-0.3, -0.25) is 9.59 Å². The van der Waals surface area contributed by atoms with Crippen molar-refractivity contribution in [1.29, 1.82) is 0 Å². The molecule has 1 aromatic carbocycles. The Balaban J connectivity index is 1.80. The maximum absolute atomic E-state index is 14.5. The van der Waals surface area contributed by atoms with E-state index in [4.69, 9.17) is 10.5 Å². The molecule has 0 amide bonds. The zero-order chi connectivity index (χ0) is 33.4. The number of nitrogen functional groups attached to an aromatic ring is 1. The van der Waals surface area contributed by atoms with Crippen molar-refractivity contribution in [2.24, 2.45) is 17.8 Å². The summed E-state index contributed by atoms with van der Waals surface area (Å²) in [5.74, 6) is -2.85. The molecular weight excluding hydrogens is 566 g/mol. The van der Waals surface area contributed by atoms with Crippen molar-refractivity contribution >= 4 is 23.2 Å². The van der Waals surface area contributed by atoms with Gasteiger partial charge in [0.05, 0.1) is 11.2 Å². The van der Waals surface area contributed by atoms with Crippen molar-refractivity contribution in [3.8, 4) is 5.75 Å². The number of nitrogens with two attached hydrogens (primary N) is 1. The van der Waals surface area contributed by atoms with Crippen LogP contribution in [-0.2, 0) is 27.2 Å². The van der Waals surface area contributed by atoms with Crippen molar-refractivity contribution in [2.45, 2.75) is 105 Å². The number of ketones is 2. The quantitative estimate of drug-likeness (QED) is 0.0955. The third kappa shape index (κ3) is 6.64. The maximum atomic E-state index is 14.5. The van der Waals surface area contributed by atoms with Gasteiger partial charge in [0.25, 0.3) is 0 Å². The van der Waals surface area contributed by atoms with Crippen LogP contribution in [0.25, 0.3) is 0 Å². The number of carbonyl (C=O) groups excluding carboxylic acids is 2. The van der Waals surface area contributed by atoms with Crippen LogP contribution in [0, 0.1) is 17.8 Å². The predicted molar refractivity (Wildman–Crippen MR) is 178 cm³/mol. The first-order valence-corrected chi connectivity index (χ1v) is 16.0. The summed E-state index contributed by atoms with van der Waals surface area (Å²) < 4.78 is 6.54. The molecule has 2 fully saturated rings. The number of Topliss-reactive ketones (excluding diaryl/α,β-unsaturated/α-hetero) is 2. The number of aromatic hydroxyl groups is 1. The average Bonchev–Trinajstić information content (AvgIpc) is 3.16. The van der Waals surface area contributed by atoms with E-state index >= 15 is 0 Å². The number of carboxylic acids is 1. The Morgan fingerprint density at radius 3 is 2.31 bits per heavy atom. The number of rotatable bonds is 12. The van der Waals surface area contributed by atoms with Crippen LogP contribution in [-0.4, -0.2) is 39.0 Å². The summed E-state index contributed by atoms with van der Waals surface area (Å²) in [5, 5.41) is 21.1. The Kier molecular flexibility index (Phi) is 9.84. The number of phenolic OH excluding ortho intramolecular Hbond substituents is 1. The van der Waals surface area contributed by atoms with Crippen LogP contribution in [0.4, 0.5) is 5.69 Å². The summed E-state index contributed by atoms with van der Waals surface area (Å²) in [7, 11) is 0. The summed E-state index contributed by atoms with van der Waals surface area (Å²) >= 11 is 0. The number of carboxylic acid groups (broad SMARTS) is 1. The first-order chi connectivity index (χ1) is 21.0. The van der Waals surface area contributed by atoms with E-state index in [1.165, 1.54) is 24.1 Å². The second kappa shape index (κ2) is 13.0. The first-order valence-electron chi connectivity index (χ1n) is 16.0. The maximum Gasteiger partial charge on any atom is 0.330 e. The Labute approximate surface area is 267 Å². The second-order valence-corrected chi connectivity index (χ2v) is 14.1. The number of ether oxygens (including phenoxy) is 1. The molecule has 1 aromatic rings. The molecule has 1 aliphatic heterocycles. The Bertz CT molecular complexity index is 1560. The van der Waals surface area contributed by atoms with E-state index in [9.17, 15) is 24.6 Å². The fourth-order valence-corrected chi connectivity index (χ4v) is 7.25. The Hall–Kier alpha value is -3.71. The minimum Gasteiger partial charge on any atom is -0.507 e. The molecule has 0 aromatic heterocycles. The van der Waals surface area contributed by atoms with E-state index in [0.717, 1.165) is 24.0 Å². The number of phenols is 1. The van der Waals surface area contributed by atoms with E-state index < -0.39 is 29.0 Å². The standard InChI is InChI=1S/C38H49NO6/c1-21(2)10-9-11-23(5)13-15-27-32(39)25(14-12-22(3)4)18-29(33(27)40)34(41)28-19-26-20-30-31(28)38(35(26)42,45-37(30,7)8)17-16-24(6)36(43)44/h10,12-13,16,18-19,26,30-31,40H,9,11,14-15,17,20,39H2,1-8H3,(H,43,44)/b23-13+,24-16-/t26-,30?,31?,38-/m1/s1. The second-order valence-electron chi connectivity index (χ2n) is 14.1. The molecule has 7 heteroatoms. The molecule has 0 radical (unpaired) electrons. The molecule has 5 rings (SSSR count). The van der Waals surface area contributed by atoms with Crippen molar-refractivity contribution < 1.29 is 29.3 Å². The topological polar surface area (TPSA) is 127 Å². The molecule has 7 nitrogen and oxygen atoms in total. The third-order valence-corrected chi connectivity index (χ3v) is 9.78. The highest BCUT2D eigenvalue weighted by Gasteiger charge is 2.69. The number of anilines is 1. The molecule has 1 saturated heterocycles. The Morgan fingerprint density at radius 2 is 1.69 bits per heavy atom. The van der Waals surface area contributed by atoms with E-state index in [1.54, 1.807) is 12.1 Å². The summed E-state index contributed by atoms with van der Waals surface area (Å²) in [4.78, 5) is 40.0. The van der Waals surface area contributed by atoms with Gasteiger partial charge in [-0.2, -0.15) is 0 Å². The van der Waals surface area contributed by atoms with Gasteiger partial charge < -0.3 is 20.7 Å². The number of carbonyl (C=O) groups is 3. The highest BCUT2D eigenvalue weighted by Crippen LogP contribution is 2.62. The first kappa shape index (κ1) is 34.2. The predicted octanol–water partition coefficient (Wildman–Crippen LogP) is 7.63. The van der Waals surface area contributed by atoms with Crippen LogP contribution in [0.2, 0.25) is 0 Å². The highest BCUT2D eigenvalue weighted by molar-refractivity contribution is 6.14. The van der Waals surface area contributed by atoms with Crippen LogP contribution in [0.15, 0.2) is 64.3 Å². The van der Waals surface area contributed by atoms with Gasteiger partial charge in [0.1, 0.15) is 11.4 Å². The van der Waals surface area contributed by atoms with Gasteiger partial charge in [-0.1, -0.05) is 47.1 Å². The number of benzene rings is 1. The SMILES string of the molecule is CC(C)=CCC/C(C)=C/Cc1c(N)c(CC=C(C)C)cc(C(=O)C2=C[C@@H]3CC4C2[C@@](C/C=C(/C)C(=O)O)(OC4(C)C)C3=O)c1O. The van der Waals surface area contributed by atoms with Crippen LogP contribution in [0.1, 0.15) is 103 Å². The van der Waals surface area contributed by atoms with Crippen molar-refractivity contribution in [3.63, 3.8) is 0 Å². The van der Waals surface area contributed by atoms with Crippen LogP contribution >= 0.6 is 0 Å². The minimum atomic E-state index is -1.34. The fraction of sp³-hybridized carbons (Fsp3) is 0.500. The summed E-state index contributed by atoms with van der Waals surface area (Å²) in [5.41, 5.74) is 10.7. The van der Waals surface area contributed by atoms with Gasteiger partial charge in [0, 0.05) is 40.7 Å². The fourth-order valence-electron chi connectivity index (χ4n) is 7.25. The molecule has 4 bridgehead atoms. The van der Waals surface area contributed by atoms with Gasteiger partial charge >= 0.3 is 5.97 Å².